The topological polar surface area (TPSA) is 88.6 Å². The molecule has 0 radical (unpaired) electrons. The number of aliphatic hydroxyl groups excluding tert-OH is 1. The minimum absolute atomic E-state index is 0.112. The number of aliphatic hydroxyl groups is 1. The van der Waals surface area contributed by atoms with E-state index in [9.17, 15) is 28.2 Å². The molecule has 0 saturated carbocycles. The van der Waals surface area contributed by atoms with Gasteiger partial charge in [-0.1, -0.05) is 11.6 Å². The van der Waals surface area contributed by atoms with E-state index in [4.69, 9.17) is 11.6 Å². The van der Waals surface area contributed by atoms with Crippen LogP contribution >= 0.6 is 23.4 Å². The standard InChI is InChI=1S/C25H27ClF3N3O3S/c26-16-4-6-21(34)19(13-16)22-18-12-15(25(27,28)29)3-5-20(18)31-24(35)23(22)36-14-17(33)2-1-9-32-10-7-30-8-11-32/h3-6,12-13,17,30,33-34H,1-2,7-11,14H2,(H,31,35). The van der Waals surface area contributed by atoms with Crippen molar-refractivity contribution in [1.82, 2.24) is 15.2 Å². The van der Waals surface area contributed by atoms with Gasteiger partial charge in [0.2, 0.25) is 0 Å². The van der Waals surface area contributed by atoms with Gasteiger partial charge < -0.3 is 25.4 Å². The van der Waals surface area contributed by atoms with Crippen LogP contribution in [-0.4, -0.2) is 64.7 Å². The first kappa shape index (κ1) is 26.8. The second-order valence-corrected chi connectivity index (χ2v) is 10.2. The minimum Gasteiger partial charge on any atom is -0.507 e. The van der Waals surface area contributed by atoms with E-state index in [-0.39, 0.29) is 43.5 Å². The Morgan fingerprint density at radius 3 is 2.61 bits per heavy atom. The molecule has 2 heterocycles. The van der Waals surface area contributed by atoms with E-state index in [1.807, 2.05) is 0 Å². The van der Waals surface area contributed by atoms with E-state index in [1.165, 1.54) is 24.3 Å². The van der Waals surface area contributed by atoms with Gasteiger partial charge in [-0.15, -0.1) is 11.8 Å². The van der Waals surface area contributed by atoms with Crippen LogP contribution in [-0.2, 0) is 6.18 Å². The van der Waals surface area contributed by atoms with Crippen LogP contribution < -0.4 is 10.9 Å². The first-order chi connectivity index (χ1) is 17.1. The number of phenols is 1. The Labute approximate surface area is 215 Å². The van der Waals surface area contributed by atoms with Gasteiger partial charge in [-0.25, -0.2) is 0 Å². The number of aromatic nitrogens is 1. The maximum absolute atomic E-state index is 13.5. The molecule has 11 heteroatoms. The predicted molar refractivity (Wildman–Crippen MR) is 137 cm³/mol. The molecule has 1 saturated heterocycles. The summed E-state index contributed by atoms with van der Waals surface area (Å²) in [6, 6.07) is 7.25. The van der Waals surface area contributed by atoms with Crippen LogP contribution in [0, 0.1) is 0 Å². The van der Waals surface area contributed by atoms with Gasteiger partial charge in [-0.05, 0) is 55.8 Å². The van der Waals surface area contributed by atoms with Gasteiger partial charge >= 0.3 is 6.18 Å². The van der Waals surface area contributed by atoms with Gasteiger partial charge in [0.25, 0.3) is 5.56 Å². The summed E-state index contributed by atoms with van der Waals surface area (Å²) in [5.41, 5.74) is -0.904. The highest BCUT2D eigenvalue weighted by molar-refractivity contribution is 7.99. The van der Waals surface area contributed by atoms with Crippen LogP contribution in [0.25, 0.3) is 22.0 Å². The quantitative estimate of drug-likeness (QED) is 0.309. The van der Waals surface area contributed by atoms with Gasteiger partial charge in [-0.3, -0.25) is 4.79 Å². The maximum Gasteiger partial charge on any atom is 0.416 e. The lowest BCUT2D eigenvalue weighted by molar-refractivity contribution is -0.137. The molecule has 1 aliphatic rings. The number of H-pyrrole nitrogens is 1. The fourth-order valence-corrected chi connectivity index (χ4v) is 5.56. The fraction of sp³-hybridized carbons (Fsp3) is 0.400. The number of aromatic hydroxyl groups is 1. The molecular formula is C25H27ClF3N3O3S. The lowest BCUT2D eigenvalue weighted by atomic mass is 9.98. The van der Waals surface area contributed by atoms with Crippen molar-refractivity contribution in [3.8, 4) is 16.9 Å². The summed E-state index contributed by atoms with van der Waals surface area (Å²) in [4.78, 5) is 18.1. The second kappa shape index (κ2) is 11.4. The lowest BCUT2D eigenvalue weighted by Crippen LogP contribution is -2.43. The average Bonchev–Trinajstić information content (AvgIpc) is 2.84. The van der Waals surface area contributed by atoms with Crippen molar-refractivity contribution in [3.05, 3.63) is 57.3 Å². The van der Waals surface area contributed by atoms with Gasteiger partial charge in [0.1, 0.15) is 5.75 Å². The van der Waals surface area contributed by atoms with E-state index < -0.39 is 23.4 Å². The number of thioether (sulfide) groups is 1. The number of phenolic OH excluding ortho intramolecular Hbond substituents is 1. The number of benzene rings is 2. The lowest BCUT2D eigenvalue weighted by Gasteiger charge is -2.27. The number of hydrogen-bond donors (Lipinski definition) is 4. The summed E-state index contributed by atoms with van der Waals surface area (Å²) in [6.07, 6.45) is -3.99. The van der Waals surface area contributed by atoms with Crippen LogP contribution in [0.5, 0.6) is 5.75 Å². The first-order valence-corrected chi connectivity index (χ1v) is 13.0. The van der Waals surface area contributed by atoms with Gasteiger partial charge in [-0.2, -0.15) is 13.2 Å². The third kappa shape index (κ3) is 6.36. The third-order valence-electron chi connectivity index (χ3n) is 6.17. The number of aromatic amines is 1. The maximum atomic E-state index is 13.5. The molecule has 1 unspecified atom stereocenters. The SMILES string of the molecule is O=c1[nH]c2ccc(C(F)(F)F)cc2c(-c2cc(Cl)ccc2O)c1SCC(O)CCCN1CCNCC1. The number of halogens is 4. The first-order valence-electron chi connectivity index (χ1n) is 11.6. The average molecular weight is 542 g/mol. The molecule has 1 atom stereocenters. The summed E-state index contributed by atoms with van der Waals surface area (Å²) in [6.45, 7) is 4.67. The third-order valence-corrected chi connectivity index (χ3v) is 7.63. The molecule has 4 rings (SSSR count). The van der Waals surface area contributed by atoms with Crippen molar-refractivity contribution < 1.29 is 23.4 Å². The van der Waals surface area contributed by atoms with Crippen LogP contribution in [0.3, 0.4) is 0 Å². The highest BCUT2D eigenvalue weighted by Crippen LogP contribution is 2.42. The molecule has 0 amide bonds. The summed E-state index contributed by atoms with van der Waals surface area (Å²) in [7, 11) is 0. The van der Waals surface area contributed by atoms with E-state index in [0.717, 1.165) is 63.0 Å². The monoisotopic (exact) mass is 541 g/mol. The number of alkyl halides is 3. The number of hydrogen-bond acceptors (Lipinski definition) is 6. The zero-order valence-corrected chi connectivity index (χ0v) is 20.9. The Balaban J connectivity index is 1.65. The molecule has 4 N–H and O–H groups in total. The molecule has 1 aliphatic heterocycles. The van der Waals surface area contributed by atoms with Gasteiger partial charge in [0.15, 0.2) is 0 Å². The van der Waals surface area contributed by atoms with Crippen LogP contribution in [0.1, 0.15) is 18.4 Å². The van der Waals surface area contributed by atoms with Gasteiger partial charge in [0, 0.05) is 59.0 Å². The second-order valence-electron chi connectivity index (χ2n) is 8.78. The Morgan fingerprint density at radius 2 is 1.89 bits per heavy atom. The van der Waals surface area contributed by atoms with Crippen molar-refractivity contribution in [1.29, 1.82) is 0 Å². The number of fused-ring (bicyclic) bond motifs is 1. The Kier molecular flexibility index (Phi) is 8.52. The zero-order valence-electron chi connectivity index (χ0n) is 19.4. The molecule has 36 heavy (non-hydrogen) atoms. The Hall–Kier alpha value is -2.24. The molecule has 3 aromatic rings. The van der Waals surface area contributed by atoms with Crippen LogP contribution in [0.4, 0.5) is 13.2 Å². The summed E-state index contributed by atoms with van der Waals surface area (Å²) < 4.78 is 40.5. The summed E-state index contributed by atoms with van der Waals surface area (Å²) in [5, 5.41) is 24.8. The number of nitrogens with zero attached hydrogens (tertiary/aromatic N) is 1. The van der Waals surface area contributed by atoms with Crippen molar-refractivity contribution in [2.45, 2.75) is 30.0 Å². The Morgan fingerprint density at radius 1 is 1.14 bits per heavy atom. The minimum atomic E-state index is -4.59. The smallest absolute Gasteiger partial charge is 0.416 e. The number of pyridine rings is 1. The van der Waals surface area contributed by atoms with Crippen LogP contribution in [0.2, 0.25) is 5.02 Å². The van der Waals surface area contributed by atoms with Crippen molar-refractivity contribution in [2.24, 2.45) is 0 Å². The summed E-state index contributed by atoms with van der Waals surface area (Å²) in [5.74, 6) is -0.0502. The molecule has 194 valence electrons. The van der Waals surface area contributed by atoms with E-state index >= 15 is 0 Å². The number of rotatable bonds is 8. The van der Waals surface area contributed by atoms with E-state index in [1.54, 1.807) is 0 Å². The highest BCUT2D eigenvalue weighted by atomic mass is 35.5. The molecule has 2 aromatic carbocycles. The van der Waals surface area contributed by atoms with E-state index in [0.29, 0.717) is 6.42 Å². The fourth-order valence-electron chi connectivity index (χ4n) is 4.31. The number of piperazine rings is 1. The van der Waals surface area contributed by atoms with Crippen molar-refractivity contribution in [2.75, 3.05) is 38.5 Å². The molecular weight excluding hydrogens is 515 g/mol. The molecule has 1 fully saturated rings. The summed E-state index contributed by atoms with van der Waals surface area (Å²) >= 11 is 7.18. The molecule has 6 nitrogen and oxygen atoms in total. The predicted octanol–water partition coefficient (Wildman–Crippen LogP) is 4.71. The molecule has 1 aromatic heterocycles. The normalized spacial score (nSPS) is 15.9. The van der Waals surface area contributed by atoms with Crippen LogP contribution in [0.15, 0.2) is 46.1 Å². The highest BCUT2D eigenvalue weighted by Gasteiger charge is 2.31. The van der Waals surface area contributed by atoms with Crippen molar-refractivity contribution >= 4 is 34.3 Å². The Bertz CT molecular complexity index is 1280. The molecule has 0 spiro atoms. The van der Waals surface area contributed by atoms with E-state index in [2.05, 4.69) is 15.2 Å². The molecule has 0 aliphatic carbocycles. The zero-order chi connectivity index (χ0) is 25.9. The van der Waals surface area contributed by atoms with Gasteiger partial charge in [0.05, 0.1) is 16.6 Å². The largest absolute Gasteiger partial charge is 0.507 e. The van der Waals surface area contributed by atoms with Crippen molar-refractivity contribution in [3.63, 3.8) is 0 Å². The number of nitrogens with one attached hydrogen (secondary N) is 2. The molecule has 0 bridgehead atoms.